The van der Waals surface area contributed by atoms with Crippen LogP contribution in [0.1, 0.15) is 11.8 Å². The number of nitrogens with one attached hydrogen (secondary N) is 1. The molecular weight excluding hydrogens is 392 g/mol. The van der Waals surface area contributed by atoms with Crippen molar-refractivity contribution < 1.29 is 71.5 Å². The molecule has 0 saturated carbocycles. The van der Waals surface area contributed by atoms with Gasteiger partial charge < -0.3 is 11.5 Å². The molecule has 0 aliphatic carbocycles. The van der Waals surface area contributed by atoms with E-state index in [9.17, 15) is 31.2 Å². The molecule has 0 saturated heterocycles. The van der Waals surface area contributed by atoms with E-state index in [4.69, 9.17) is 9.29 Å². The predicted molar refractivity (Wildman–Crippen MR) is 78.3 cm³/mol. The molecule has 138 valence electrons. The molecule has 0 radical (unpaired) electrons. The van der Waals surface area contributed by atoms with Crippen LogP contribution >= 0.6 is 0 Å². The second-order valence-electron chi connectivity index (χ2n) is 4.86. The van der Waals surface area contributed by atoms with Crippen molar-refractivity contribution in [1.82, 2.24) is 10.2 Å². The van der Waals surface area contributed by atoms with Crippen LogP contribution in [-0.4, -0.2) is 48.5 Å². The fraction of sp³-hybridized carbons (Fsp3) is 0.231. The minimum absolute atomic E-state index is 0. The van der Waals surface area contributed by atoms with Crippen LogP contribution in [0.25, 0.3) is 0 Å². The van der Waals surface area contributed by atoms with E-state index in [-0.39, 0.29) is 42.9 Å². The zero-order valence-corrected chi connectivity index (χ0v) is 16.0. The molecule has 2 rings (SSSR count). The number of ether oxygens (including phenoxy) is 1. The first-order valence-electron chi connectivity index (χ1n) is 6.53. The Morgan fingerprint density at radius 3 is 2.35 bits per heavy atom. The summed E-state index contributed by atoms with van der Waals surface area (Å²) in [4.78, 5) is 22.7. The van der Waals surface area contributed by atoms with Gasteiger partial charge in [0.15, 0.2) is 12.1 Å². The molecule has 1 heterocycles. The van der Waals surface area contributed by atoms with E-state index in [1.165, 1.54) is 24.3 Å². The summed E-state index contributed by atoms with van der Waals surface area (Å²) >= 11 is 0. The number of hydrogen-bond acceptors (Lipinski definition) is 5. The second-order valence-corrected chi connectivity index (χ2v) is 6.36. The smallest absolute Gasteiger partial charge is 1.00 e. The van der Waals surface area contributed by atoms with Gasteiger partial charge in [0.2, 0.25) is 0 Å². The number of aldehydes is 1. The molecule has 13 heteroatoms. The van der Waals surface area contributed by atoms with Gasteiger partial charge in [-0.15, -0.1) is 0 Å². The van der Waals surface area contributed by atoms with E-state index < -0.39 is 40.0 Å². The summed E-state index contributed by atoms with van der Waals surface area (Å²) in [5.41, 5.74) is -1.33. The number of urea groups is 1. The third-order valence-corrected chi connectivity index (χ3v) is 4.07. The summed E-state index contributed by atoms with van der Waals surface area (Å²) < 4.78 is 75.0. The van der Waals surface area contributed by atoms with Crippen LogP contribution in [0.5, 0.6) is 5.75 Å². The summed E-state index contributed by atoms with van der Waals surface area (Å²) in [6.45, 7) is -0.663. The Bertz CT molecular complexity index is 816. The van der Waals surface area contributed by atoms with Crippen molar-refractivity contribution in [3.63, 3.8) is 0 Å². The van der Waals surface area contributed by atoms with E-state index in [1.54, 1.807) is 5.32 Å². The number of benzene rings is 1. The van der Waals surface area contributed by atoms with Gasteiger partial charge in [0.1, 0.15) is 12.0 Å². The van der Waals surface area contributed by atoms with Crippen molar-refractivity contribution in [2.75, 3.05) is 6.73 Å². The number of carbonyl (C=O) groups is 2. The van der Waals surface area contributed by atoms with Crippen LogP contribution in [0.15, 0.2) is 36.0 Å². The van der Waals surface area contributed by atoms with Crippen molar-refractivity contribution in [2.24, 2.45) is 0 Å². The number of rotatable bonds is 5. The van der Waals surface area contributed by atoms with Crippen molar-refractivity contribution in [3.8, 4) is 5.75 Å². The van der Waals surface area contributed by atoms with Gasteiger partial charge >= 0.3 is 41.8 Å². The number of halogens is 3. The molecule has 0 aromatic heterocycles. The molecule has 1 aliphatic heterocycles. The summed E-state index contributed by atoms with van der Waals surface area (Å²) in [6.07, 6.45) is -4.29. The zero-order valence-electron chi connectivity index (χ0n) is 14.2. The zero-order chi connectivity index (χ0) is 18.8. The monoisotopic (exact) mass is 404 g/mol. The van der Waals surface area contributed by atoms with E-state index in [1.807, 2.05) is 0 Å². The van der Waals surface area contributed by atoms with Gasteiger partial charge in [0, 0.05) is 11.8 Å². The Morgan fingerprint density at radius 2 is 1.88 bits per heavy atom. The average Bonchev–Trinajstić information content (AvgIpc) is 2.52. The summed E-state index contributed by atoms with van der Waals surface area (Å²) in [5, 5.41) is -1.07. The Balaban J connectivity index is 0.00000338. The fourth-order valence-corrected chi connectivity index (χ4v) is 2.67. The number of carbonyl (C=O) groups excluding carboxylic acids is 2. The van der Waals surface area contributed by atoms with E-state index in [2.05, 4.69) is 0 Å². The maximum Gasteiger partial charge on any atom is 1.00 e. The minimum Gasteiger partial charge on any atom is -1.00 e. The van der Waals surface area contributed by atoms with Gasteiger partial charge in [0.05, 0.1) is 5.57 Å². The maximum atomic E-state index is 13.0. The van der Waals surface area contributed by atoms with Gasteiger partial charge in [-0.3, -0.25) is 14.2 Å². The molecule has 1 aliphatic rings. The second kappa shape index (κ2) is 8.39. The van der Waals surface area contributed by atoms with Gasteiger partial charge in [-0.05, 0) is 24.3 Å². The van der Waals surface area contributed by atoms with E-state index in [0.29, 0.717) is 16.7 Å². The Hall–Kier alpha value is -1.60. The Morgan fingerprint density at radius 1 is 1.31 bits per heavy atom. The molecular formula is C13H12F3N2NaO6S. The Kier molecular flexibility index (Phi) is 7.24. The molecule has 2 amide bonds. The van der Waals surface area contributed by atoms with Crippen LogP contribution in [0.4, 0.5) is 18.0 Å². The molecule has 1 aromatic rings. The van der Waals surface area contributed by atoms with Crippen LogP contribution in [0, 0.1) is 0 Å². The summed E-state index contributed by atoms with van der Waals surface area (Å²) in [7, 11) is -5.21. The number of nitrogens with zero attached hydrogens (tertiary/aromatic N) is 1. The largest absolute Gasteiger partial charge is 1.00 e. The number of alkyl halides is 3. The molecule has 0 spiro atoms. The van der Waals surface area contributed by atoms with Crippen molar-refractivity contribution in [3.05, 3.63) is 41.6 Å². The van der Waals surface area contributed by atoms with E-state index in [0.717, 1.165) is 0 Å². The molecule has 8 nitrogen and oxygen atoms in total. The third-order valence-electron chi connectivity index (χ3n) is 3.10. The molecule has 1 unspecified atom stereocenters. The van der Waals surface area contributed by atoms with Gasteiger partial charge in [0.25, 0.3) is 10.1 Å². The van der Waals surface area contributed by atoms with Crippen LogP contribution in [-0.2, 0) is 10.1 Å². The summed E-state index contributed by atoms with van der Waals surface area (Å²) in [6, 6.07) is 4.30. The molecule has 1 aromatic carbocycles. The molecule has 26 heavy (non-hydrogen) atoms. The number of amides is 2. The molecule has 0 bridgehead atoms. The molecule has 2 N–H and O–H groups in total. The van der Waals surface area contributed by atoms with Crippen molar-refractivity contribution in [2.45, 2.75) is 11.6 Å². The first-order chi connectivity index (χ1) is 11.5. The van der Waals surface area contributed by atoms with Crippen LogP contribution in [0.3, 0.4) is 0 Å². The summed E-state index contributed by atoms with van der Waals surface area (Å²) in [5.74, 6) is 0.164. The fourth-order valence-electron chi connectivity index (χ4n) is 1.91. The van der Waals surface area contributed by atoms with Gasteiger partial charge in [-0.1, -0.05) is 0 Å². The number of hydrogen-bond donors (Lipinski definition) is 2. The van der Waals surface area contributed by atoms with Gasteiger partial charge in [-0.2, -0.15) is 21.6 Å². The SMILES string of the molecule is O=Cc1ccc(OCN2C=C(C(F)(F)F)C(S(=O)(=O)O)NC2=O)cc1.[H-].[Na+]. The molecule has 1 atom stereocenters. The van der Waals surface area contributed by atoms with Crippen LogP contribution in [0.2, 0.25) is 0 Å². The quantitative estimate of drug-likeness (QED) is 0.356. The van der Waals surface area contributed by atoms with Crippen LogP contribution < -0.4 is 39.6 Å². The topological polar surface area (TPSA) is 113 Å². The standard InChI is InChI=1S/C13H11F3N2O6S.Na.H/c14-13(15,16)10-5-18(12(20)17-11(10)25(21,22)23)7-24-9-3-1-8(6-19)2-4-9;;/h1-6,11H,7H2,(H,17,20)(H,21,22,23);;/q;+1;-1. The minimum atomic E-state index is -5.21. The average molecular weight is 404 g/mol. The maximum absolute atomic E-state index is 13.0. The predicted octanol–water partition coefficient (Wildman–Crippen LogP) is -1.36. The van der Waals surface area contributed by atoms with E-state index >= 15 is 0 Å². The first-order valence-corrected chi connectivity index (χ1v) is 8.03. The van der Waals surface area contributed by atoms with Crippen molar-refractivity contribution in [1.29, 1.82) is 0 Å². The van der Waals surface area contributed by atoms with Crippen molar-refractivity contribution >= 4 is 22.4 Å². The third kappa shape index (κ3) is 5.45. The van der Waals surface area contributed by atoms with Gasteiger partial charge in [-0.25, -0.2) is 4.79 Å². The Labute approximate surface area is 169 Å². The normalized spacial score (nSPS) is 17.7. The first kappa shape index (κ1) is 22.4. The molecule has 0 fully saturated rings.